The molecule has 18 heavy (non-hydrogen) atoms. The first kappa shape index (κ1) is 12.8. The molecule has 0 bridgehead atoms. The first-order valence-electron chi connectivity index (χ1n) is 6.10. The fraction of sp³-hybridized carbons (Fsp3) is 0.538. The van der Waals surface area contributed by atoms with Gasteiger partial charge in [-0.1, -0.05) is 0 Å². The number of pyridine rings is 1. The number of H-pyrrole nitrogens is 1. The quantitative estimate of drug-likeness (QED) is 0.822. The Hall–Kier alpha value is -1.62. The van der Waals surface area contributed by atoms with Gasteiger partial charge in [0.2, 0.25) is 0 Å². The lowest BCUT2D eigenvalue weighted by Gasteiger charge is -2.34. The van der Waals surface area contributed by atoms with Crippen LogP contribution in [0.4, 0.5) is 0 Å². The van der Waals surface area contributed by atoms with Crippen molar-refractivity contribution in [3.63, 3.8) is 0 Å². The number of ether oxygens (including phenoxy) is 1. The minimum Gasteiger partial charge on any atom is -0.381 e. The summed E-state index contributed by atoms with van der Waals surface area (Å²) in [5.74, 6) is -0.319. The summed E-state index contributed by atoms with van der Waals surface area (Å²) >= 11 is 0. The molecule has 0 saturated carbocycles. The molecule has 0 spiro atoms. The lowest BCUT2D eigenvalue weighted by molar-refractivity contribution is 0.0422. The maximum Gasteiger partial charge on any atom is 0.257 e. The Kier molecular flexibility index (Phi) is 3.52. The molecular weight excluding hydrogens is 232 g/mol. The van der Waals surface area contributed by atoms with E-state index in [1.54, 1.807) is 6.92 Å². The van der Waals surface area contributed by atoms with Gasteiger partial charge < -0.3 is 15.0 Å². The van der Waals surface area contributed by atoms with Crippen LogP contribution < -0.4 is 10.7 Å². The zero-order valence-electron chi connectivity index (χ0n) is 10.7. The fourth-order valence-corrected chi connectivity index (χ4v) is 2.04. The second-order valence-corrected chi connectivity index (χ2v) is 5.02. The number of aromatic nitrogens is 1. The summed E-state index contributed by atoms with van der Waals surface area (Å²) < 4.78 is 5.27. The van der Waals surface area contributed by atoms with Crippen LogP contribution in [0, 0.1) is 6.92 Å². The summed E-state index contributed by atoms with van der Waals surface area (Å²) in [5.41, 5.74) is 0.369. The lowest BCUT2D eigenvalue weighted by atomic mass is 9.92. The largest absolute Gasteiger partial charge is 0.381 e. The molecular formula is C13H18N2O3. The van der Waals surface area contributed by atoms with Crippen LogP contribution in [0.25, 0.3) is 0 Å². The molecule has 5 nitrogen and oxygen atoms in total. The van der Waals surface area contributed by atoms with Gasteiger partial charge >= 0.3 is 0 Å². The number of amides is 1. The molecule has 0 aliphatic carbocycles. The molecule has 1 aliphatic heterocycles. The van der Waals surface area contributed by atoms with Gasteiger partial charge in [-0.25, -0.2) is 0 Å². The van der Waals surface area contributed by atoms with Crippen LogP contribution in [0.3, 0.4) is 0 Å². The van der Waals surface area contributed by atoms with E-state index in [0.29, 0.717) is 13.2 Å². The molecule has 0 atom stereocenters. The van der Waals surface area contributed by atoms with Gasteiger partial charge in [-0.3, -0.25) is 9.59 Å². The van der Waals surface area contributed by atoms with Crippen LogP contribution in [0.5, 0.6) is 0 Å². The third-order valence-electron chi connectivity index (χ3n) is 3.31. The van der Waals surface area contributed by atoms with E-state index in [0.717, 1.165) is 18.5 Å². The van der Waals surface area contributed by atoms with Crippen molar-refractivity contribution in [2.75, 3.05) is 13.2 Å². The topological polar surface area (TPSA) is 71.2 Å². The summed E-state index contributed by atoms with van der Waals surface area (Å²) in [5, 5.41) is 2.93. The molecule has 1 fully saturated rings. The minimum absolute atomic E-state index is 0.160. The number of rotatable bonds is 2. The van der Waals surface area contributed by atoms with Crippen molar-refractivity contribution < 1.29 is 9.53 Å². The van der Waals surface area contributed by atoms with Crippen molar-refractivity contribution in [1.29, 1.82) is 0 Å². The highest BCUT2D eigenvalue weighted by Gasteiger charge is 2.29. The molecule has 1 aromatic heterocycles. The van der Waals surface area contributed by atoms with Crippen LogP contribution in [-0.2, 0) is 4.74 Å². The molecule has 1 amide bonds. The molecule has 98 valence electrons. The van der Waals surface area contributed by atoms with Crippen molar-refractivity contribution in [1.82, 2.24) is 10.3 Å². The van der Waals surface area contributed by atoms with Crippen LogP contribution in [0.2, 0.25) is 0 Å². The summed E-state index contributed by atoms with van der Waals surface area (Å²) in [6.07, 6.45) is 3.00. The molecule has 2 rings (SSSR count). The Morgan fingerprint density at radius 1 is 1.44 bits per heavy atom. The van der Waals surface area contributed by atoms with Crippen LogP contribution in [-0.4, -0.2) is 29.6 Å². The number of carbonyl (C=O) groups excluding carboxylic acids is 1. The van der Waals surface area contributed by atoms with Crippen molar-refractivity contribution in [3.8, 4) is 0 Å². The zero-order chi connectivity index (χ0) is 13.2. The average Bonchev–Trinajstić information content (AvgIpc) is 2.28. The monoisotopic (exact) mass is 250 g/mol. The molecule has 5 heteroatoms. The SMILES string of the molecule is Cc1cc(=O)c(C(=O)NC2(C)CCOCC2)c[nH]1. The van der Waals surface area contributed by atoms with E-state index in [1.807, 2.05) is 6.92 Å². The third kappa shape index (κ3) is 2.79. The van der Waals surface area contributed by atoms with Gasteiger partial charge in [0, 0.05) is 36.7 Å². The van der Waals surface area contributed by atoms with Gasteiger partial charge in [-0.15, -0.1) is 0 Å². The van der Waals surface area contributed by atoms with E-state index in [4.69, 9.17) is 4.74 Å². The number of carbonyl (C=O) groups is 1. The van der Waals surface area contributed by atoms with E-state index >= 15 is 0 Å². The highest BCUT2D eigenvalue weighted by atomic mass is 16.5. The third-order valence-corrected chi connectivity index (χ3v) is 3.31. The van der Waals surface area contributed by atoms with Crippen molar-refractivity contribution in [3.05, 3.63) is 33.7 Å². The van der Waals surface area contributed by atoms with Gasteiger partial charge in [0.1, 0.15) is 5.56 Å². The van der Waals surface area contributed by atoms with Gasteiger partial charge in [0.25, 0.3) is 5.91 Å². The Morgan fingerprint density at radius 2 is 2.11 bits per heavy atom. The molecule has 1 aliphatic rings. The molecule has 0 radical (unpaired) electrons. The maximum absolute atomic E-state index is 12.1. The minimum atomic E-state index is -0.319. The van der Waals surface area contributed by atoms with Crippen LogP contribution in [0.15, 0.2) is 17.1 Å². The van der Waals surface area contributed by atoms with E-state index in [-0.39, 0.29) is 22.4 Å². The summed E-state index contributed by atoms with van der Waals surface area (Å²) in [7, 11) is 0. The van der Waals surface area contributed by atoms with Crippen LogP contribution >= 0.6 is 0 Å². The second kappa shape index (κ2) is 4.94. The predicted molar refractivity (Wildman–Crippen MR) is 67.7 cm³/mol. The Balaban J connectivity index is 2.14. The molecule has 2 N–H and O–H groups in total. The number of hydrogen-bond donors (Lipinski definition) is 2. The lowest BCUT2D eigenvalue weighted by Crippen LogP contribution is -2.50. The van der Waals surface area contributed by atoms with E-state index in [1.165, 1.54) is 12.3 Å². The predicted octanol–water partition coefficient (Wildman–Crippen LogP) is 0.982. The maximum atomic E-state index is 12.1. The number of aryl methyl sites for hydroxylation is 1. The van der Waals surface area contributed by atoms with Gasteiger partial charge in [-0.05, 0) is 26.7 Å². The average molecular weight is 250 g/mol. The highest BCUT2D eigenvalue weighted by Crippen LogP contribution is 2.19. The Morgan fingerprint density at radius 3 is 2.72 bits per heavy atom. The van der Waals surface area contributed by atoms with Crippen molar-refractivity contribution >= 4 is 5.91 Å². The first-order chi connectivity index (χ1) is 8.50. The fourth-order valence-electron chi connectivity index (χ4n) is 2.04. The summed E-state index contributed by atoms with van der Waals surface area (Å²) in [4.78, 5) is 26.7. The van der Waals surface area contributed by atoms with E-state index in [2.05, 4.69) is 10.3 Å². The van der Waals surface area contributed by atoms with E-state index in [9.17, 15) is 9.59 Å². The number of hydrogen-bond acceptors (Lipinski definition) is 3. The van der Waals surface area contributed by atoms with Gasteiger partial charge in [-0.2, -0.15) is 0 Å². The standard InChI is InChI=1S/C13H18N2O3/c1-9-7-11(16)10(8-14-9)12(17)15-13(2)3-5-18-6-4-13/h7-8H,3-6H2,1-2H3,(H,14,16)(H,15,17). The first-order valence-corrected chi connectivity index (χ1v) is 6.10. The normalized spacial score (nSPS) is 18.3. The van der Waals surface area contributed by atoms with Crippen molar-refractivity contribution in [2.24, 2.45) is 0 Å². The van der Waals surface area contributed by atoms with Gasteiger partial charge in [0.05, 0.1) is 0 Å². The Labute approximate surface area is 106 Å². The molecule has 1 aromatic rings. The molecule has 2 heterocycles. The zero-order valence-corrected chi connectivity index (χ0v) is 10.7. The smallest absolute Gasteiger partial charge is 0.257 e. The van der Waals surface area contributed by atoms with Crippen LogP contribution in [0.1, 0.15) is 35.8 Å². The highest BCUT2D eigenvalue weighted by molar-refractivity contribution is 5.94. The second-order valence-electron chi connectivity index (χ2n) is 5.02. The van der Waals surface area contributed by atoms with Crippen molar-refractivity contribution in [2.45, 2.75) is 32.2 Å². The summed E-state index contributed by atoms with van der Waals surface area (Å²) in [6.45, 7) is 5.04. The number of nitrogens with one attached hydrogen (secondary N) is 2. The molecule has 0 aromatic carbocycles. The Bertz CT molecular complexity index is 501. The molecule has 0 unspecified atom stereocenters. The summed E-state index contributed by atoms with van der Waals surface area (Å²) in [6, 6.07) is 1.43. The molecule has 1 saturated heterocycles. The number of aromatic amines is 1. The van der Waals surface area contributed by atoms with E-state index < -0.39 is 0 Å². The van der Waals surface area contributed by atoms with Gasteiger partial charge in [0.15, 0.2) is 5.43 Å².